The van der Waals surface area contributed by atoms with Crippen LogP contribution in [-0.4, -0.2) is 21.3 Å². The van der Waals surface area contributed by atoms with Crippen LogP contribution in [0.15, 0.2) is 52.2 Å². The minimum Gasteiger partial charge on any atom is -0.292 e. The molecular weight excluding hydrogens is 340 g/mol. The number of ketones is 1. The Hall–Kier alpha value is -1.28. The number of thioether (sulfide) groups is 1. The normalized spacial score (nSPS) is 10.7. The number of thiophene rings is 1. The summed E-state index contributed by atoms with van der Waals surface area (Å²) in [7, 11) is 0. The molecule has 0 radical (unpaired) electrons. The van der Waals surface area contributed by atoms with E-state index in [1.807, 2.05) is 47.8 Å². The summed E-state index contributed by atoms with van der Waals surface area (Å²) < 4.78 is 3.24. The number of aromatic nitrogens is 2. The molecule has 0 saturated carbocycles. The second kappa shape index (κ2) is 6.65. The van der Waals surface area contributed by atoms with Crippen LogP contribution >= 0.6 is 46.7 Å². The maximum Gasteiger partial charge on any atom is 0.184 e. The van der Waals surface area contributed by atoms with Crippen molar-refractivity contribution in [2.45, 2.75) is 4.34 Å². The molecule has 7 heteroatoms. The predicted octanol–water partition coefficient (Wildman–Crippen LogP) is 4.70. The highest BCUT2D eigenvalue weighted by Crippen LogP contribution is 2.25. The number of carbonyl (C=O) groups is 1. The van der Waals surface area contributed by atoms with Gasteiger partial charge >= 0.3 is 0 Å². The molecule has 21 heavy (non-hydrogen) atoms. The average Bonchev–Trinajstić information content (AvgIpc) is 3.15. The van der Waals surface area contributed by atoms with Crippen molar-refractivity contribution in [3.63, 3.8) is 0 Å². The number of hydrogen-bond acceptors (Lipinski definition) is 6. The van der Waals surface area contributed by atoms with Crippen LogP contribution in [0.25, 0.3) is 5.69 Å². The Balaban J connectivity index is 1.73. The van der Waals surface area contributed by atoms with Gasteiger partial charge < -0.3 is 0 Å². The van der Waals surface area contributed by atoms with Crippen LogP contribution in [0.2, 0.25) is 0 Å². The van der Waals surface area contributed by atoms with Gasteiger partial charge in [0.2, 0.25) is 0 Å². The van der Waals surface area contributed by atoms with Crippen molar-refractivity contribution in [2.75, 3.05) is 5.75 Å². The lowest BCUT2D eigenvalue weighted by atomic mass is 10.3. The summed E-state index contributed by atoms with van der Waals surface area (Å²) in [5.74, 6) is 0.514. The summed E-state index contributed by atoms with van der Waals surface area (Å²) in [4.78, 5) is 12.8. The van der Waals surface area contributed by atoms with E-state index in [1.165, 1.54) is 34.4 Å². The maximum absolute atomic E-state index is 12.0. The molecule has 0 unspecified atom stereocenters. The van der Waals surface area contributed by atoms with Gasteiger partial charge in [0.05, 0.1) is 16.3 Å². The van der Waals surface area contributed by atoms with Crippen molar-refractivity contribution in [3.05, 3.63) is 56.7 Å². The summed E-state index contributed by atoms with van der Waals surface area (Å²) in [6.45, 7) is 0. The zero-order valence-corrected chi connectivity index (χ0v) is 14.0. The van der Waals surface area contributed by atoms with Crippen molar-refractivity contribution in [2.24, 2.45) is 0 Å². The highest BCUT2D eigenvalue weighted by Gasteiger charge is 2.11. The maximum atomic E-state index is 12.0. The number of nitrogens with zero attached hydrogens (tertiary/aromatic N) is 2. The summed E-state index contributed by atoms with van der Waals surface area (Å²) in [6, 6.07) is 13.5. The minimum atomic E-state index is 0.127. The molecule has 2 aromatic heterocycles. The Labute approximate surface area is 139 Å². The fraction of sp³-hybridized carbons (Fsp3) is 0.0714. The van der Waals surface area contributed by atoms with Crippen LogP contribution in [0.5, 0.6) is 0 Å². The quantitative estimate of drug-likeness (QED) is 0.379. The van der Waals surface area contributed by atoms with E-state index in [4.69, 9.17) is 12.2 Å². The van der Waals surface area contributed by atoms with Gasteiger partial charge in [-0.25, -0.2) is 4.68 Å². The first-order chi connectivity index (χ1) is 10.2. The molecule has 0 amide bonds. The Bertz CT molecular complexity index is 790. The number of para-hydroxylation sites is 1. The molecule has 0 atom stereocenters. The minimum absolute atomic E-state index is 0.127. The van der Waals surface area contributed by atoms with Crippen LogP contribution in [-0.2, 0) is 0 Å². The number of rotatable bonds is 5. The molecule has 1 aromatic carbocycles. The Morgan fingerprint density at radius 2 is 2.05 bits per heavy atom. The van der Waals surface area contributed by atoms with E-state index >= 15 is 0 Å². The monoisotopic (exact) mass is 350 g/mol. The second-order valence-corrected chi connectivity index (χ2v) is 7.86. The molecule has 0 aliphatic carbocycles. The van der Waals surface area contributed by atoms with Gasteiger partial charge in [-0.05, 0) is 35.8 Å². The van der Waals surface area contributed by atoms with Gasteiger partial charge in [0.15, 0.2) is 14.1 Å². The van der Waals surface area contributed by atoms with Gasteiger partial charge in [-0.1, -0.05) is 47.4 Å². The first-order valence-corrected chi connectivity index (χ1v) is 9.18. The SMILES string of the molecule is O=C(CSc1nn(-c2ccccc2)c(=S)s1)c1cccs1. The van der Waals surface area contributed by atoms with Gasteiger partial charge in [-0.2, -0.15) is 0 Å². The van der Waals surface area contributed by atoms with Gasteiger partial charge in [0.25, 0.3) is 0 Å². The smallest absolute Gasteiger partial charge is 0.184 e. The summed E-state index contributed by atoms with van der Waals surface area (Å²) >= 11 is 9.67. The van der Waals surface area contributed by atoms with Crippen LogP contribution < -0.4 is 0 Å². The zero-order valence-electron chi connectivity index (χ0n) is 10.8. The molecule has 0 saturated heterocycles. The molecular formula is C14H10N2OS4. The van der Waals surface area contributed by atoms with E-state index < -0.39 is 0 Å². The summed E-state index contributed by atoms with van der Waals surface area (Å²) in [5, 5.41) is 6.39. The van der Waals surface area contributed by atoms with Crippen molar-refractivity contribution in [1.82, 2.24) is 9.78 Å². The summed E-state index contributed by atoms with van der Waals surface area (Å²) in [5.41, 5.74) is 0.940. The molecule has 2 heterocycles. The van der Waals surface area contributed by atoms with E-state index in [9.17, 15) is 4.79 Å². The number of Topliss-reactive ketones (excluding diaryl/α,β-unsaturated/α-hetero) is 1. The van der Waals surface area contributed by atoms with Crippen molar-refractivity contribution >= 4 is 52.4 Å². The van der Waals surface area contributed by atoms with Crippen LogP contribution in [0, 0.1) is 3.95 Å². The lowest BCUT2D eigenvalue weighted by Crippen LogP contribution is -2.00. The highest BCUT2D eigenvalue weighted by molar-refractivity contribution is 8.01. The lowest BCUT2D eigenvalue weighted by molar-refractivity contribution is 0.102. The largest absolute Gasteiger partial charge is 0.292 e. The van der Waals surface area contributed by atoms with Crippen molar-refractivity contribution in [3.8, 4) is 5.69 Å². The third-order valence-electron chi connectivity index (χ3n) is 2.65. The van der Waals surface area contributed by atoms with Crippen LogP contribution in [0.4, 0.5) is 0 Å². The Morgan fingerprint density at radius 3 is 2.76 bits per heavy atom. The number of hydrogen-bond donors (Lipinski definition) is 0. The Kier molecular flexibility index (Phi) is 4.64. The van der Waals surface area contributed by atoms with Gasteiger partial charge in [-0.3, -0.25) is 4.79 Å². The fourth-order valence-corrected chi connectivity index (χ4v) is 4.69. The van der Waals surface area contributed by atoms with Gasteiger partial charge in [0.1, 0.15) is 0 Å². The first-order valence-electron chi connectivity index (χ1n) is 6.09. The fourth-order valence-electron chi connectivity index (χ4n) is 1.69. The molecule has 0 fully saturated rings. The molecule has 0 bridgehead atoms. The third-order valence-corrected chi connectivity index (χ3v) is 5.93. The third kappa shape index (κ3) is 3.49. The highest BCUT2D eigenvalue weighted by atomic mass is 32.2. The molecule has 0 N–H and O–H groups in total. The summed E-state index contributed by atoms with van der Waals surface area (Å²) in [6.07, 6.45) is 0. The van der Waals surface area contributed by atoms with E-state index in [2.05, 4.69) is 5.10 Å². The van der Waals surface area contributed by atoms with Gasteiger partial charge in [-0.15, -0.1) is 16.4 Å². The standard InChI is InChI=1S/C14H10N2OS4/c17-11(12-7-4-8-19-12)9-20-13-15-16(14(18)21-13)10-5-2-1-3-6-10/h1-8H,9H2. The van der Waals surface area contributed by atoms with E-state index in [1.54, 1.807) is 4.68 Å². The van der Waals surface area contributed by atoms with Crippen molar-refractivity contribution < 1.29 is 4.79 Å². The zero-order chi connectivity index (χ0) is 14.7. The molecule has 0 aliphatic heterocycles. The van der Waals surface area contributed by atoms with E-state index in [0.29, 0.717) is 9.71 Å². The van der Waals surface area contributed by atoms with Gasteiger partial charge in [0, 0.05) is 0 Å². The molecule has 3 aromatic rings. The second-order valence-electron chi connectivity index (χ2n) is 4.07. The molecule has 106 valence electrons. The predicted molar refractivity (Wildman–Crippen MR) is 91.6 cm³/mol. The topological polar surface area (TPSA) is 34.9 Å². The van der Waals surface area contributed by atoms with E-state index in [0.717, 1.165) is 14.9 Å². The van der Waals surface area contributed by atoms with Crippen molar-refractivity contribution in [1.29, 1.82) is 0 Å². The lowest BCUT2D eigenvalue weighted by Gasteiger charge is -1.99. The molecule has 3 rings (SSSR count). The molecule has 0 spiro atoms. The molecule has 3 nitrogen and oxygen atoms in total. The van der Waals surface area contributed by atoms with Crippen LogP contribution in [0.3, 0.4) is 0 Å². The van der Waals surface area contributed by atoms with E-state index in [-0.39, 0.29) is 5.78 Å². The first kappa shape index (κ1) is 14.6. The van der Waals surface area contributed by atoms with Crippen LogP contribution in [0.1, 0.15) is 9.67 Å². The number of carbonyl (C=O) groups excluding carboxylic acids is 1. The average molecular weight is 351 g/mol. The Morgan fingerprint density at radius 1 is 1.24 bits per heavy atom. The molecule has 0 aliphatic rings. The number of benzene rings is 1.